The van der Waals surface area contributed by atoms with Crippen LogP contribution in [0.15, 0.2) is 59.8 Å². The molecule has 1 aromatic heterocycles. The lowest BCUT2D eigenvalue weighted by Gasteiger charge is -2.25. The molecule has 3 aromatic rings. The SMILES string of the molecule is CN(c1ccc(I)cc1)c1c(C(=O)NOCC2CC2)cc(S(=O)(=O)N(C)Cc2ccncc2)c(F)c1F. The van der Waals surface area contributed by atoms with Gasteiger partial charge in [-0.15, -0.1) is 0 Å². The minimum atomic E-state index is -4.53. The van der Waals surface area contributed by atoms with Gasteiger partial charge in [0.25, 0.3) is 5.91 Å². The summed E-state index contributed by atoms with van der Waals surface area (Å²) in [6.07, 6.45) is 4.95. The van der Waals surface area contributed by atoms with E-state index in [-0.39, 0.29) is 18.7 Å². The number of amides is 1. The second kappa shape index (κ2) is 11.4. The van der Waals surface area contributed by atoms with Gasteiger partial charge in [-0.25, -0.2) is 22.7 Å². The number of rotatable bonds is 10. The van der Waals surface area contributed by atoms with E-state index in [1.165, 1.54) is 31.4 Å². The highest BCUT2D eigenvalue weighted by atomic mass is 127. The third kappa shape index (κ3) is 6.25. The molecule has 1 amide bonds. The number of hydrogen-bond donors (Lipinski definition) is 1. The van der Waals surface area contributed by atoms with Crippen LogP contribution in [-0.2, 0) is 21.4 Å². The Morgan fingerprint density at radius 1 is 1.11 bits per heavy atom. The number of halogens is 3. The molecule has 196 valence electrons. The number of nitrogens with zero attached hydrogens (tertiary/aromatic N) is 3. The number of carbonyl (C=O) groups is 1. The molecule has 1 N–H and O–H groups in total. The zero-order valence-corrected chi connectivity index (χ0v) is 23.1. The Bertz CT molecular complexity index is 1390. The number of benzene rings is 2. The molecule has 1 saturated carbocycles. The summed E-state index contributed by atoms with van der Waals surface area (Å²) >= 11 is 2.11. The summed E-state index contributed by atoms with van der Waals surface area (Å²) in [5.41, 5.74) is 2.52. The molecule has 0 spiro atoms. The summed E-state index contributed by atoms with van der Waals surface area (Å²) in [6.45, 7) is 0.166. The summed E-state index contributed by atoms with van der Waals surface area (Å²) in [7, 11) is -1.81. The number of aromatic nitrogens is 1. The zero-order valence-electron chi connectivity index (χ0n) is 20.1. The molecule has 0 saturated heterocycles. The van der Waals surface area contributed by atoms with Crippen LogP contribution in [0.2, 0.25) is 0 Å². The van der Waals surface area contributed by atoms with E-state index in [2.05, 4.69) is 33.1 Å². The fourth-order valence-electron chi connectivity index (χ4n) is 3.64. The van der Waals surface area contributed by atoms with Gasteiger partial charge in [0.1, 0.15) is 4.90 Å². The lowest BCUT2D eigenvalue weighted by molar-refractivity contribution is 0.0270. The van der Waals surface area contributed by atoms with E-state index < -0.39 is 38.1 Å². The minimum Gasteiger partial charge on any atom is -0.341 e. The summed E-state index contributed by atoms with van der Waals surface area (Å²) in [5, 5.41) is 0. The quantitative estimate of drug-likeness (QED) is 0.257. The fourth-order valence-corrected chi connectivity index (χ4v) is 5.24. The van der Waals surface area contributed by atoms with Gasteiger partial charge in [0.05, 0.1) is 17.9 Å². The number of sulfonamides is 1. The molecule has 2 aromatic carbocycles. The molecular formula is C25H25F2IN4O4S. The van der Waals surface area contributed by atoms with Crippen LogP contribution in [0.1, 0.15) is 28.8 Å². The largest absolute Gasteiger partial charge is 0.341 e. The van der Waals surface area contributed by atoms with Crippen LogP contribution in [0.5, 0.6) is 0 Å². The molecule has 1 aliphatic carbocycles. The van der Waals surface area contributed by atoms with Crippen LogP contribution in [0.25, 0.3) is 0 Å². The smallest absolute Gasteiger partial charge is 0.277 e. The first kappa shape index (κ1) is 27.4. The number of anilines is 2. The topological polar surface area (TPSA) is 91.8 Å². The van der Waals surface area contributed by atoms with Crippen LogP contribution >= 0.6 is 22.6 Å². The van der Waals surface area contributed by atoms with E-state index in [0.717, 1.165) is 26.8 Å². The van der Waals surface area contributed by atoms with Gasteiger partial charge < -0.3 is 4.90 Å². The first-order valence-electron chi connectivity index (χ1n) is 11.4. The Kier molecular flexibility index (Phi) is 8.41. The molecule has 0 aliphatic heterocycles. The maximum atomic E-state index is 15.6. The zero-order chi connectivity index (χ0) is 26.7. The van der Waals surface area contributed by atoms with Crippen molar-refractivity contribution in [2.24, 2.45) is 5.92 Å². The van der Waals surface area contributed by atoms with E-state index in [4.69, 9.17) is 4.84 Å². The van der Waals surface area contributed by atoms with Gasteiger partial charge in [-0.2, -0.15) is 4.31 Å². The van der Waals surface area contributed by atoms with E-state index in [1.807, 2.05) is 0 Å². The van der Waals surface area contributed by atoms with Crippen LogP contribution in [0.4, 0.5) is 20.2 Å². The van der Waals surface area contributed by atoms with Crippen LogP contribution < -0.4 is 10.4 Å². The van der Waals surface area contributed by atoms with Gasteiger partial charge in [-0.05, 0) is 89.4 Å². The van der Waals surface area contributed by atoms with E-state index in [0.29, 0.717) is 17.2 Å². The predicted octanol–water partition coefficient (Wildman–Crippen LogP) is 4.62. The lowest BCUT2D eigenvalue weighted by Crippen LogP contribution is -2.31. The Morgan fingerprint density at radius 3 is 2.38 bits per heavy atom. The van der Waals surface area contributed by atoms with Gasteiger partial charge in [-0.1, -0.05) is 0 Å². The summed E-state index contributed by atoms with van der Waals surface area (Å²) in [4.78, 5) is 22.6. The molecule has 0 unspecified atom stereocenters. The van der Waals surface area contributed by atoms with E-state index >= 15 is 8.78 Å². The molecule has 1 aliphatic rings. The first-order chi connectivity index (χ1) is 17.6. The van der Waals surface area contributed by atoms with Crippen molar-refractivity contribution in [1.29, 1.82) is 0 Å². The first-order valence-corrected chi connectivity index (χ1v) is 13.9. The third-order valence-corrected chi connectivity index (χ3v) is 8.49. The van der Waals surface area contributed by atoms with E-state index in [9.17, 15) is 13.2 Å². The molecule has 4 rings (SSSR count). The van der Waals surface area contributed by atoms with Gasteiger partial charge in [0.15, 0.2) is 11.6 Å². The second-order valence-corrected chi connectivity index (χ2v) is 12.0. The Balaban J connectivity index is 1.76. The number of hydroxylamine groups is 1. The third-order valence-electron chi connectivity index (χ3n) is 5.97. The summed E-state index contributed by atoms with van der Waals surface area (Å²) < 4.78 is 59.5. The monoisotopic (exact) mass is 642 g/mol. The van der Waals surface area contributed by atoms with Crippen molar-refractivity contribution in [3.05, 3.63) is 81.2 Å². The van der Waals surface area contributed by atoms with Gasteiger partial charge in [-0.3, -0.25) is 14.6 Å². The molecule has 1 fully saturated rings. The number of nitrogens with one attached hydrogen (secondary N) is 1. The Morgan fingerprint density at radius 2 is 1.76 bits per heavy atom. The van der Waals surface area contributed by atoms with Crippen molar-refractivity contribution in [1.82, 2.24) is 14.8 Å². The van der Waals surface area contributed by atoms with Gasteiger partial charge in [0.2, 0.25) is 10.0 Å². The standard InChI is InChI=1S/C25H25F2IN4O4S/c1-31(14-16-9-11-29-12-10-16)37(34,35)21-13-20(25(33)30-36-15-17-3-4-17)24(23(27)22(21)26)32(2)19-7-5-18(28)6-8-19/h5-13,17H,3-4,14-15H2,1-2H3,(H,30,33). The lowest BCUT2D eigenvalue weighted by atomic mass is 10.1. The molecule has 1 heterocycles. The highest BCUT2D eigenvalue weighted by Crippen LogP contribution is 2.36. The van der Waals surface area contributed by atoms with Gasteiger partial charge >= 0.3 is 0 Å². The number of hydrogen-bond acceptors (Lipinski definition) is 6. The maximum absolute atomic E-state index is 15.6. The highest BCUT2D eigenvalue weighted by molar-refractivity contribution is 14.1. The number of carbonyl (C=O) groups excluding carboxylic acids is 1. The molecule has 0 bridgehead atoms. The molecular weight excluding hydrogens is 617 g/mol. The molecule has 0 radical (unpaired) electrons. The summed E-state index contributed by atoms with van der Waals surface area (Å²) in [5.74, 6) is -3.60. The van der Waals surface area contributed by atoms with Crippen LogP contribution in [-0.4, -0.2) is 44.3 Å². The van der Waals surface area contributed by atoms with Crippen molar-refractivity contribution >= 4 is 49.9 Å². The van der Waals surface area contributed by atoms with Gasteiger partial charge in [0, 0.05) is 42.3 Å². The summed E-state index contributed by atoms with van der Waals surface area (Å²) in [6, 6.07) is 11.0. The van der Waals surface area contributed by atoms with E-state index in [1.54, 1.807) is 36.4 Å². The molecule has 12 heteroatoms. The highest BCUT2D eigenvalue weighted by Gasteiger charge is 2.33. The average Bonchev–Trinajstić information content (AvgIpc) is 3.70. The minimum absolute atomic E-state index is 0.109. The Labute approximate surface area is 227 Å². The Hall–Kier alpha value is -2.68. The molecule has 37 heavy (non-hydrogen) atoms. The predicted molar refractivity (Wildman–Crippen MR) is 143 cm³/mol. The number of pyridine rings is 1. The molecule has 0 atom stereocenters. The van der Waals surface area contributed by atoms with Crippen molar-refractivity contribution < 1.29 is 26.8 Å². The molecule has 8 nitrogen and oxygen atoms in total. The van der Waals surface area contributed by atoms with Crippen LogP contribution in [0, 0.1) is 21.1 Å². The maximum Gasteiger partial charge on any atom is 0.277 e. The average molecular weight is 642 g/mol. The normalized spacial score (nSPS) is 13.6. The van der Waals surface area contributed by atoms with Crippen molar-refractivity contribution in [3.8, 4) is 0 Å². The second-order valence-electron chi connectivity index (χ2n) is 8.74. The van der Waals surface area contributed by atoms with Crippen molar-refractivity contribution in [3.63, 3.8) is 0 Å². The van der Waals surface area contributed by atoms with Crippen molar-refractivity contribution in [2.75, 3.05) is 25.6 Å². The fraction of sp³-hybridized carbons (Fsp3) is 0.280. The van der Waals surface area contributed by atoms with Crippen molar-refractivity contribution in [2.45, 2.75) is 24.3 Å². The van der Waals surface area contributed by atoms with Crippen LogP contribution in [0.3, 0.4) is 0 Å².